The molecule has 0 fully saturated rings. The summed E-state index contributed by atoms with van der Waals surface area (Å²) in [5.41, 5.74) is 1.15. The van der Waals surface area contributed by atoms with E-state index in [-0.39, 0.29) is 21.6 Å². The zero-order valence-electron chi connectivity index (χ0n) is 16.8. The molecule has 3 aromatic rings. The van der Waals surface area contributed by atoms with Crippen LogP contribution in [0.4, 0.5) is 17.3 Å². The van der Waals surface area contributed by atoms with Crippen LogP contribution in [0.25, 0.3) is 0 Å². The second-order valence-corrected chi connectivity index (χ2v) is 9.80. The molecule has 12 heteroatoms. The monoisotopic (exact) mass is 471 g/mol. The summed E-state index contributed by atoms with van der Waals surface area (Å²) in [4.78, 5) is -0.380. The Morgan fingerprint density at radius 1 is 1.30 bits per heavy atom. The Labute approximate surface area is 184 Å². The Balaban J connectivity index is 1.91. The number of sulfonamides is 1. The number of aromatic hydroxyl groups is 1. The second-order valence-electron chi connectivity index (χ2n) is 6.78. The molecule has 0 radical (unpaired) electrons. The van der Waals surface area contributed by atoms with Gasteiger partial charge in [-0.15, -0.1) is 0 Å². The number of nitrogens with zero attached hydrogens (tertiary/aromatic N) is 3. The van der Waals surface area contributed by atoms with Crippen molar-refractivity contribution in [3.05, 3.63) is 40.8 Å². The lowest BCUT2D eigenvalue weighted by Gasteiger charge is -2.17. The van der Waals surface area contributed by atoms with E-state index in [1.54, 1.807) is 6.26 Å². The first-order valence-corrected chi connectivity index (χ1v) is 11.5. The normalized spacial score (nSPS) is 12.9. The molecule has 0 unspecified atom stereocenters. The van der Waals surface area contributed by atoms with Gasteiger partial charge in [-0.25, -0.2) is 12.7 Å². The maximum Gasteiger partial charge on any atom is 0.247 e. The molecule has 2 heterocycles. The molecule has 3 N–H and O–H groups in total. The molecule has 0 amide bonds. The van der Waals surface area contributed by atoms with Gasteiger partial charge in [-0.1, -0.05) is 18.5 Å². The summed E-state index contributed by atoms with van der Waals surface area (Å²) < 4.78 is 40.1. The van der Waals surface area contributed by atoms with Gasteiger partial charge < -0.3 is 20.2 Å². The lowest BCUT2D eigenvalue weighted by Crippen LogP contribution is -2.22. The summed E-state index contributed by atoms with van der Waals surface area (Å²) in [6.07, 6.45) is 2.41. The number of rotatable bonds is 8. The fourth-order valence-corrected chi connectivity index (χ4v) is 4.70. The summed E-state index contributed by atoms with van der Waals surface area (Å²) in [5, 5.41) is 16.7. The Hall–Kier alpha value is -2.34. The highest BCUT2D eigenvalue weighted by Gasteiger charge is 2.27. The van der Waals surface area contributed by atoms with Gasteiger partial charge in [0.25, 0.3) is 0 Å². The molecule has 0 spiro atoms. The van der Waals surface area contributed by atoms with Crippen LogP contribution in [-0.4, -0.2) is 40.7 Å². The van der Waals surface area contributed by atoms with Crippen molar-refractivity contribution in [2.75, 3.05) is 24.7 Å². The minimum Gasteiger partial charge on any atom is -0.504 e. The van der Waals surface area contributed by atoms with Crippen LogP contribution in [0.1, 0.15) is 30.7 Å². The van der Waals surface area contributed by atoms with Crippen LogP contribution >= 0.6 is 23.3 Å². The number of phenolic OH excluding ortho intramolecular Hbond substituents is 1. The summed E-state index contributed by atoms with van der Waals surface area (Å²) in [6, 6.07) is 4.68. The fourth-order valence-electron chi connectivity index (χ4n) is 2.74. The Bertz CT molecular complexity index is 1140. The number of hydrogen-bond donors (Lipinski definition) is 3. The molecule has 3 rings (SSSR count). The quantitative estimate of drug-likeness (QED) is 0.414. The third kappa shape index (κ3) is 4.38. The minimum atomic E-state index is -3.96. The summed E-state index contributed by atoms with van der Waals surface area (Å²) >= 11 is 7.03. The van der Waals surface area contributed by atoms with Crippen LogP contribution in [0.15, 0.2) is 33.8 Å². The average Bonchev–Trinajstić information content (AvgIpc) is 3.30. The number of nitrogens with one attached hydrogen (secondary N) is 2. The van der Waals surface area contributed by atoms with E-state index in [2.05, 4.69) is 19.4 Å². The van der Waals surface area contributed by atoms with E-state index < -0.39 is 15.8 Å². The van der Waals surface area contributed by atoms with Crippen molar-refractivity contribution >= 4 is 50.7 Å². The smallest absolute Gasteiger partial charge is 0.247 e. The second kappa shape index (κ2) is 8.80. The molecule has 0 bridgehead atoms. The molecule has 30 heavy (non-hydrogen) atoms. The van der Waals surface area contributed by atoms with E-state index in [0.717, 1.165) is 33.8 Å². The topological polar surface area (TPSA) is 121 Å². The first-order valence-electron chi connectivity index (χ1n) is 9.00. The van der Waals surface area contributed by atoms with E-state index in [1.165, 1.54) is 26.2 Å². The number of furan rings is 1. The predicted molar refractivity (Wildman–Crippen MR) is 117 cm³/mol. The zero-order valence-corrected chi connectivity index (χ0v) is 19.2. The van der Waals surface area contributed by atoms with Crippen LogP contribution in [0.5, 0.6) is 5.75 Å². The Morgan fingerprint density at radius 2 is 2.00 bits per heavy atom. The van der Waals surface area contributed by atoms with Gasteiger partial charge in [-0.05, 0) is 37.1 Å². The lowest BCUT2D eigenvalue weighted by atomic mass is 10.1. The fraction of sp³-hybridized carbons (Fsp3) is 0.333. The van der Waals surface area contributed by atoms with E-state index in [9.17, 15) is 13.5 Å². The van der Waals surface area contributed by atoms with Gasteiger partial charge >= 0.3 is 0 Å². The maximum absolute atomic E-state index is 12.5. The highest BCUT2D eigenvalue weighted by atomic mass is 35.5. The van der Waals surface area contributed by atoms with E-state index in [0.29, 0.717) is 11.6 Å². The van der Waals surface area contributed by atoms with Gasteiger partial charge in [-0.3, -0.25) is 0 Å². The summed E-state index contributed by atoms with van der Waals surface area (Å²) in [5.74, 6) is 1.06. The van der Waals surface area contributed by atoms with Crippen LogP contribution < -0.4 is 10.6 Å². The van der Waals surface area contributed by atoms with Crippen LogP contribution in [-0.2, 0) is 10.0 Å². The van der Waals surface area contributed by atoms with Gasteiger partial charge in [0, 0.05) is 14.1 Å². The molecule has 162 valence electrons. The van der Waals surface area contributed by atoms with Crippen LogP contribution in [0.2, 0.25) is 5.02 Å². The maximum atomic E-state index is 12.5. The predicted octanol–water partition coefficient (Wildman–Crippen LogP) is 4.36. The first-order chi connectivity index (χ1) is 14.1. The number of hydrogen-bond acceptors (Lipinski definition) is 9. The van der Waals surface area contributed by atoms with Crippen molar-refractivity contribution in [2.45, 2.75) is 31.2 Å². The van der Waals surface area contributed by atoms with Crippen LogP contribution in [0, 0.1) is 6.92 Å². The lowest BCUT2D eigenvalue weighted by molar-refractivity contribution is 0.454. The van der Waals surface area contributed by atoms with Gasteiger partial charge in [-0.2, -0.15) is 8.75 Å². The third-order valence-electron chi connectivity index (χ3n) is 4.38. The number of aromatic nitrogens is 2. The number of aryl methyl sites for hydroxylation is 1. The molecule has 0 aliphatic heterocycles. The first kappa shape index (κ1) is 22.3. The number of anilines is 3. The van der Waals surface area contributed by atoms with E-state index in [4.69, 9.17) is 16.0 Å². The van der Waals surface area contributed by atoms with Crippen LogP contribution in [0.3, 0.4) is 0 Å². The molecule has 2 aromatic heterocycles. The molecule has 0 saturated carbocycles. The molecular weight excluding hydrogens is 450 g/mol. The van der Waals surface area contributed by atoms with Gasteiger partial charge in [0.1, 0.15) is 10.7 Å². The van der Waals surface area contributed by atoms with E-state index in [1.807, 2.05) is 19.9 Å². The SMILES string of the molecule is CC[C@@H](Nc1nsnc1Nc1ccc(Cl)c(S(=O)(=O)N(C)C)c1O)c1cc(C)co1. The van der Waals surface area contributed by atoms with Crippen molar-refractivity contribution in [1.82, 2.24) is 13.1 Å². The van der Waals surface area contributed by atoms with Gasteiger partial charge in [0.15, 0.2) is 17.4 Å². The Kier molecular flexibility index (Phi) is 6.56. The standard InChI is InChI=1S/C18H22ClN5O4S2/c1-5-12(14-8-10(2)9-28-14)20-17-18(23-29-22-17)21-13-7-6-11(19)16(15(13)25)30(26,27)24(3)4/h6-9,12,25H,5H2,1-4H3,(H,20,22)(H,21,23)/t12-/m1/s1. The molecular formula is C18H22ClN5O4S2. The highest BCUT2D eigenvalue weighted by molar-refractivity contribution is 7.89. The Morgan fingerprint density at radius 3 is 2.60 bits per heavy atom. The number of halogens is 1. The van der Waals surface area contributed by atoms with Gasteiger partial charge in [0.2, 0.25) is 10.0 Å². The average molecular weight is 472 g/mol. The van der Waals surface area contributed by atoms with E-state index >= 15 is 0 Å². The largest absolute Gasteiger partial charge is 0.504 e. The molecule has 0 aliphatic rings. The molecule has 9 nitrogen and oxygen atoms in total. The third-order valence-corrected chi connectivity index (χ3v) is 7.22. The molecule has 0 saturated heterocycles. The zero-order chi connectivity index (χ0) is 22.1. The minimum absolute atomic E-state index is 0.0827. The summed E-state index contributed by atoms with van der Waals surface area (Å²) in [6.45, 7) is 3.95. The van der Waals surface area contributed by atoms with Crippen molar-refractivity contribution in [3.8, 4) is 5.75 Å². The van der Waals surface area contributed by atoms with Crippen molar-refractivity contribution in [3.63, 3.8) is 0 Å². The van der Waals surface area contributed by atoms with Gasteiger partial charge in [0.05, 0.1) is 34.7 Å². The number of phenols is 1. The molecule has 1 atom stereocenters. The molecule has 0 aliphatic carbocycles. The highest BCUT2D eigenvalue weighted by Crippen LogP contribution is 2.40. The summed E-state index contributed by atoms with van der Waals surface area (Å²) in [7, 11) is -1.24. The van der Waals surface area contributed by atoms with Crippen molar-refractivity contribution in [1.29, 1.82) is 0 Å². The van der Waals surface area contributed by atoms with Crippen molar-refractivity contribution in [2.24, 2.45) is 0 Å². The number of benzene rings is 1. The molecule has 1 aromatic carbocycles. The van der Waals surface area contributed by atoms with Crippen molar-refractivity contribution < 1.29 is 17.9 Å².